The molecule has 28 heavy (non-hydrogen) atoms. The molecule has 5 rings (SSSR count). The number of benzene rings is 1. The van der Waals surface area contributed by atoms with Gasteiger partial charge in [-0.05, 0) is 59.3 Å². The number of hydrogen-bond donors (Lipinski definition) is 1. The topological polar surface area (TPSA) is 71.8 Å². The van der Waals surface area contributed by atoms with Gasteiger partial charge in [-0.15, -0.1) is 11.3 Å². The fourth-order valence-corrected chi connectivity index (χ4v) is 4.75. The van der Waals surface area contributed by atoms with Crippen molar-refractivity contribution in [1.29, 1.82) is 0 Å². The summed E-state index contributed by atoms with van der Waals surface area (Å²) in [6, 6.07) is 14.6. The van der Waals surface area contributed by atoms with Crippen LogP contribution in [-0.2, 0) is 6.42 Å². The molecule has 0 aliphatic heterocycles. The molecule has 5 aromatic rings. The van der Waals surface area contributed by atoms with Crippen LogP contribution in [0.25, 0.3) is 26.8 Å². The highest BCUT2D eigenvalue weighted by molar-refractivity contribution is 14.1. The summed E-state index contributed by atoms with van der Waals surface area (Å²) in [7, 11) is 0. The zero-order valence-electron chi connectivity index (χ0n) is 14.9. The molecule has 8 heteroatoms. The molecule has 4 heterocycles. The van der Waals surface area contributed by atoms with E-state index in [1.165, 1.54) is 15.5 Å². The van der Waals surface area contributed by atoms with Crippen molar-refractivity contribution in [3.05, 3.63) is 75.5 Å². The largest absolute Gasteiger partial charge is 0.259 e. The molecule has 1 aromatic carbocycles. The molecular formula is C20H15IN6S. The van der Waals surface area contributed by atoms with E-state index in [2.05, 4.69) is 73.2 Å². The second-order valence-corrected chi connectivity index (χ2v) is 8.67. The van der Waals surface area contributed by atoms with Crippen LogP contribution in [0.2, 0.25) is 0 Å². The van der Waals surface area contributed by atoms with Crippen molar-refractivity contribution in [2.24, 2.45) is 0 Å². The number of halogens is 1. The first-order valence-corrected chi connectivity index (χ1v) is 10.6. The van der Waals surface area contributed by atoms with Crippen LogP contribution in [0.15, 0.2) is 55.0 Å². The number of aromatic nitrogens is 6. The van der Waals surface area contributed by atoms with Gasteiger partial charge in [-0.2, -0.15) is 10.2 Å². The molecule has 0 bridgehead atoms. The maximum atomic E-state index is 5.01. The van der Waals surface area contributed by atoms with E-state index >= 15 is 0 Å². The molecule has 0 spiro atoms. The van der Waals surface area contributed by atoms with Gasteiger partial charge >= 0.3 is 0 Å². The van der Waals surface area contributed by atoms with Crippen LogP contribution in [-0.4, -0.2) is 29.8 Å². The van der Waals surface area contributed by atoms with Gasteiger partial charge in [0.05, 0.1) is 27.3 Å². The van der Waals surface area contributed by atoms with E-state index in [-0.39, 0.29) is 0 Å². The Hall–Kier alpha value is -2.59. The average molecular weight is 498 g/mol. The van der Waals surface area contributed by atoms with E-state index < -0.39 is 0 Å². The summed E-state index contributed by atoms with van der Waals surface area (Å²) in [5.41, 5.74) is 5.30. The minimum atomic E-state index is 0.738. The number of nitrogens with one attached hydrogen (secondary N) is 1. The van der Waals surface area contributed by atoms with Crippen LogP contribution in [0.1, 0.15) is 17.0 Å². The van der Waals surface area contributed by atoms with Crippen LogP contribution in [0.3, 0.4) is 0 Å². The summed E-state index contributed by atoms with van der Waals surface area (Å²) in [6.45, 7) is 2.02. The minimum absolute atomic E-state index is 0.738. The number of nitrogens with zero attached hydrogens (tertiary/aromatic N) is 5. The summed E-state index contributed by atoms with van der Waals surface area (Å²) in [4.78, 5) is 10.4. The van der Waals surface area contributed by atoms with Crippen LogP contribution in [0.4, 0.5) is 0 Å². The highest BCUT2D eigenvalue weighted by Crippen LogP contribution is 2.38. The standard InChI is InChI=1S/C20H15IN6S/c1-12-17(16-4-2-3-9-27(16)26-12)20-24-15(10-13-5-7-14(21)8-6-13)18(28-20)19-22-11-23-25-19/h2-9,11H,10H2,1H3,(H,22,23,25). The lowest BCUT2D eigenvalue weighted by Gasteiger charge is -2.01. The van der Waals surface area contributed by atoms with Gasteiger partial charge in [-0.25, -0.2) is 14.5 Å². The Morgan fingerprint density at radius 1 is 1.14 bits per heavy atom. The molecule has 0 aliphatic rings. The van der Waals surface area contributed by atoms with Crippen molar-refractivity contribution in [3.63, 3.8) is 0 Å². The predicted molar refractivity (Wildman–Crippen MR) is 118 cm³/mol. The van der Waals surface area contributed by atoms with Gasteiger partial charge in [0.1, 0.15) is 11.3 Å². The Morgan fingerprint density at radius 3 is 2.79 bits per heavy atom. The maximum absolute atomic E-state index is 5.01. The summed E-state index contributed by atoms with van der Waals surface area (Å²) in [6.07, 6.45) is 4.23. The van der Waals surface area contributed by atoms with E-state index in [9.17, 15) is 0 Å². The summed E-state index contributed by atoms with van der Waals surface area (Å²) in [5.74, 6) is 0.749. The predicted octanol–water partition coefficient (Wildman–Crippen LogP) is 4.75. The number of hydrogen-bond acceptors (Lipinski definition) is 5. The van der Waals surface area contributed by atoms with E-state index in [1.54, 1.807) is 11.3 Å². The summed E-state index contributed by atoms with van der Waals surface area (Å²) in [5, 5.41) is 12.6. The Morgan fingerprint density at radius 2 is 2.00 bits per heavy atom. The van der Waals surface area contributed by atoms with Gasteiger partial charge < -0.3 is 0 Å². The number of rotatable bonds is 4. The van der Waals surface area contributed by atoms with Crippen LogP contribution < -0.4 is 0 Å². The van der Waals surface area contributed by atoms with Crippen LogP contribution in [0.5, 0.6) is 0 Å². The molecule has 0 aliphatic carbocycles. The van der Waals surface area contributed by atoms with Gasteiger partial charge in [0, 0.05) is 16.2 Å². The molecule has 0 amide bonds. The third kappa shape index (κ3) is 3.12. The van der Waals surface area contributed by atoms with Crippen molar-refractivity contribution in [1.82, 2.24) is 29.8 Å². The zero-order chi connectivity index (χ0) is 19.1. The highest BCUT2D eigenvalue weighted by Gasteiger charge is 2.21. The van der Waals surface area contributed by atoms with E-state index in [1.807, 2.05) is 29.8 Å². The van der Waals surface area contributed by atoms with Gasteiger partial charge in [0.25, 0.3) is 0 Å². The van der Waals surface area contributed by atoms with E-state index in [0.29, 0.717) is 0 Å². The smallest absolute Gasteiger partial charge is 0.167 e. The molecule has 0 radical (unpaired) electrons. The first-order valence-electron chi connectivity index (χ1n) is 8.73. The summed E-state index contributed by atoms with van der Waals surface area (Å²) >= 11 is 3.95. The van der Waals surface area contributed by atoms with E-state index in [0.717, 1.165) is 44.6 Å². The highest BCUT2D eigenvalue weighted by atomic mass is 127. The van der Waals surface area contributed by atoms with Crippen molar-refractivity contribution >= 4 is 39.4 Å². The van der Waals surface area contributed by atoms with Gasteiger partial charge in [0.2, 0.25) is 0 Å². The Bertz CT molecular complexity index is 1250. The summed E-state index contributed by atoms with van der Waals surface area (Å²) < 4.78 is 3.12. The zero-order valence-corrected chi connectivity index (χ0v) is 17.9. The van der Waals surface area contributed by atoms with E-state index in [4.69, 9.17) is 4.98 Å². The first kappa shape index (κ1) is 17.5. The third-order valence-corrected chi connectivity index (χ3v) is 6.38. The first-order chi connectivity index (χ1) is 13.7. The number of H-pyrrole nitrogens is 1. The van der Waals surface area contributed by atoms with Crippen molar-refractivity contribution in [3.8, 4) is 21.3 Å². The van der Waals surface area contributed by atoms with Crippen molar-refractivity contribution in [2.45, 2.75) is 13.3 Å². The lowest BCUT2D eigenvalue weighted by Crippen LogP contribution is -1.92. The number of fused-ring (bicyclic) bond motifs is 1. The SMILES string of the molecule is Cc1nn2ccccc2c1-c1nc(Cc2ccc(I)cc2)c(-c2ncn[nH]2)s1. The van der Waals surface area contributed by atoms with Gasteiger partial charge in [0.15, 0.2) is 5.82 Å². The molecule has 1 N–H and O–H groups in total. The molecule has 0 saturated carbocycles. The fraction of sp³-hybridized carbons (Fsp3) is 0.100. The molecule has 0 unspecified atom stereocenters. The minimum Gasteiger partial charge on any atom is -0.259 e. The number of pyridine rings is 1. The average Bonchev–Trinajstić information content (AvgIpc) is 3.41. The molecule has 4 aromatic heterocycles. The van der Waals surface area contributed by atoms with Crippen LogP contribution in [0, 0.1) is 10.5 Å². The fourth-order valence-electron chi connectivity index (χ4n) is 3.25. The third-order valence-electron chi connectivity index (χ3n) is 4.54. The van der Waals surface area contributed by atoms with Gasteiger partial charge in [-0.1, -0.05) is 18.2 Å². The molecule has 0 atom stereocenters. The molecule has 138 valence electrons. The normalized spacial score (nSPS) is 11.4. The van der Waals surface area contributed by atoms with Gasteiger partial charge in [-0.3, -0.25) is 5.10 Å². The number of aromatic amines is 1. The van der Waals surface area contributed by atoms with Crippen LogP contribution >= 0.6 is 33.9 Å². The number of thiazole rings is 1. The molecular weight excluding hydrogens is 483 g/mol. The number of aryl methyl sites for hydroxylation is 1. The monoisotopic (exact) mass is 498 g/mol. The Balaban J connectivity index is 1.65. The second-order valence-electron chi connectivity index (χ2n) is 6.42. The Kier molecular flexibility index (Phi) is 4.44. The van der Waals surface area contributed by atoms with Crippen molar-refractivity contribution in [2.75, 3.05) is 0 Å². The lowest BCUT2D eigenvalue weighted by molar-refractivity contribution is 0.934. The molecule has 6 nitrogen and oxygen atoms in total. The quantitative estimate of drug-likeness (QED) is 0.363. The Labute approximate surface area is 178 Å². The maximum Gasteiger partial charge on any atom is 0.167 e. The van der Waals surface area contributed by atoms with Crippen molar-refractivity contribution < 1.29 is 0 Å². The second kappa shape index (κ2) is 7.10. The lowest BCUT2D eigenvalue weighted by atomic mass is 10.1. The molecule has 0 fully saturated rings. The molecule has 0 saturated heterocycles.